The second-order valence-electron chi connectivity index (χ2n) is 29.2. The molecule has 0 aliphatic carbocycles. The van der Waals surface area contributed by atoms with E-state index in [4.69, 9.17) is 37.0 Å². The van der Waals surface area contributed by atoms with E-state index in [0.29, 0.717) is 25.7 Å². The van der Waals surface area contributed by atoms with Crippen LogP contribution in [0.1, 0.15) is 414 Å². The van der Waals surface area contributed by atoms with Crippen LogP contribution in [0.15, 0.2) is 0 Å². The molecule has 582 valence electrons. The normalized spacial score (nSPS) is 14.2. The molecular weight excluding hydrogens is 1280 g/mol. The number of phosphoric acid groups is 2. The maximum absolute atomic E-state index is 13.1. The SMILES string of the molecule is CCCCCCCCCCCCCCCCC(=O)O[C@H](COC(=O)CCCCCCCCCCCCC)COP(=O)(O)OC[C@H](O)COP(=O)(O)OC[C@@H](COC(=O)CCCCCCCCCCCCC(C)CC)OC(=O)CCCCCCCCCCCCCCCCCCC(C)C. The van der Waals surface area contributed by atoms with E-state index in [9.17, 15) is 43.2 Å². The number of phosphoric ester groups is 2. The number of unbranched alkanes of at least 4 members (excludes halogenated alkanes) is 47. The summed E-state index contributed by atoms with van der Waals surface area (Å²) in [5.74, 6) is -0.490. The minimum Gasteiger partial charge on any atom is -0.462 e. The van der Waals surface area contributed by atoms with Crippen molar-refractivity contribution < 1.29 is 80.2 Å². The molecule has 0 amide bonds. The van der Waals surface area contributed by atoms with Gasteiger partial charge in [0.15, 0.2) is 12.2 Å². The van der Waals surface area contributed by atoms with Crippen LogP contribution >= 0.6 is 15.6 Å². The maximum atomic E-state index is 13.1. The van der Waals surface area contributed by atoms with Gasteiger partial charge < -0.3 is 33.8 Å². The molecule has 0 heterocycles. The molecule has 3 unspecified atom stereocenters. The van der Waals surface area contributed by atoms with E-state index < -0.39 is 97.5 Å². The average Bonchev–Trinajstić information content (AvgIpc) is 0.985. The Kier molecular flexibility index (Phi) is 69.3. The van der Waals surface area contributed by atoms with Crippen molar-refractivity contribution in [3.05, 3.63) is 0 Å². The molecule has 0 fully saturated rings. The zero-order valence-electron chi connectivity index (χ0n) is 64.1. The standard InChI is InChI=1S/C79H154O17P2/c1-7-10-12-14-16-18-20-21-27-31-39-45-51-57-63-78(83)95-74(67-89-76(81)61-55-49-43-37-29-19-17-15-13-11-8-2)69-93-97(85,86)91-65-73(80)66-92-98(87,88)94-70-75(68-90-77(82)62-56-50-44-38-34-33-36-42-48-54-60-72(6)9-3)96-79(84)64-58-52-46-40-32-28-25-23-22-24-26-30-35-41-47-53-59-71(4)5/h71-75,80H,7-70H2,1-6H3,(H,85,86)(H,87,88)/t72?,73-,74+,75+/m0/s1. The lowest BCUT2D eigenvalue weighted by Crippen LogP contribution is -2.30. The number of carbonyl (C=O) groups excluding carboxylic acids is 4. The van der Waals surface area contributed by atoms with Gasteiger partial charge in [0.1, 0.15) is 19.3 Å². The van der Waals surface area contributed by atoms with Gasteiger partial charge in [-0.2, -0.15) is 0 Å². The first-order valence-corrected chi connectivity index (χ1v) is 44.0. The van der Waals surface area contributed by atoms with E-state index in [2.05, 4.69) is 41.5 Å². The Labute approximate surface area is 600 Å². The first kappa shape index (κ1) is 96.1. The zero-order chi connectivity index (χ0) is 72.1. The summed E-state index contributed by atoms with van der Waals surface area (Å²) < 4.78 is 68.7. The number of esters is 4. The lowest BCUT2D eigenvalue weighted by molar-refractivity contribution is -0.161. The number of hydrogen-bond acceptors (Lipinski definition) is 15. The molecule has 98 heavy (non-hydrogen) atoms. The van der Waals surface area contributed by atoms with E-state index in [-0.39, 0.29) is 25.7 Å². The van der Waals surface area contributed by atoms with Gasteiger partial charge in [0.2, 0.25) is 0 Å². The molecule has 0 aliphatic rings. The summed E-state index contributed by atoms with van der Waals surface area (Å²) in [7, 11) is -9.92. The van der Waals surface area contributed by atoms with Crippen molar-refractivity contribution in [3.63, 3.8) is 0 Å². The van der Waals surface area contributed by atoms with Crippen molar-refractivity contribution in [2.24, 2.45) is 11.8 Å². The van der Waals surface area contributed by atoms with Crippen molar-refractivity contribution >= 4 is 39.5 Å². The van der Waals surface area contributed by atoms with E-state index >= 15 is 0 Å². The van der Waals surface area contributed by atoms with Gasteiger partial charge in [0.25, 0.3) is 0 Å². The zero-order valence-corrected chi connectivity index (χ0v) is 65.9. The van der Waals surface area contributed by atoms with Gasteiger partial charge in [-0.25, -0.2) is 9.13 Å². The van der Waals surface area contributed by atoms with Crippen LogP contribution in [-0.2, 0) is 65.4 Å². The number of aliphatic hydroxyl groups is 1. The molecule has 17 nitrogen and oxygen atoms in total. The second-order valence-corrected chi connectivity index (χ2v) is 32.1. The Morgan fingerprint density at radius 3 is 0.776 bits per heavy atom. The van der Waals surface area contributed by atoms with Gasteiger partial charge in [-0.3, -0.25) is 37.3 Å². The number of rotatable bonds is 78. The molecular formula is C79H154O17P2. The van der Waals surface area contributed by atoms with Crippen LogP contribution in [0.4, 0.5) is 0 Å². The van der Waals surface area contributed by atoms with Crippen LogP contribution in [0.25, 0.3) is 0 Å². The summed E-state index contributed by atoms with van der Waals surface area (Å²) in [5.41, 5.74) is 0. The molecule has 0 rings (SSSR count). The highest BCUT2D eigenvalue weighted by Gasteiger charge is 2.30. The van der Waals surface area contributed by atoms with Crippen molar-refractivity contribution in [1.29, 1.82) is 0 Å². The summed E-state index contributed by atoms with van der Waals surface area (Å²) in [5, 5.41) is 10.6. The van der Waals surface area contributed by atoms with Crippen LogP contribution in [0.5, 0.6) is 0 Å². The van der Waals surface area contributed by atoms with Crippen LogP contribution in [0.2, 0.25) is 0 Å². The molecule has 0 aromatic carbocycles. The Hall–Kier alpha value is -1.94. The molecule has 0 spiro atoms. The Bertz CT molecular complexity index is 1890. The van der Waals surface area contributed by atoms with Gasteiger partial charge in [0.05, 0.1) is 26.4 Å². The largest absolute Gasteiger partial charge is 0.472 e. The summed E-state index contributed by atoms with van der Waals surface area (Å²) in [6, 6.07) is 0. The summed E-state index contributed by atoms with van der Waals surface area (Å²) in [6.07, 6.45) is 59.4. The third-order valence-electron chi connectivity index (χ3n) is 18.8. The minimum absolute atomic E-state index is 0.108. The predicted molar refractivity (Wildman–Crippen MR) is 400 cm³/mol. The highest BCUT2D eigenvalue weighted by atomic mass is 31.2. The van der Waals surface area contributed by atoms with Crippen LogP contribution < -0.4 is 0 Å². The molecule has 0 bridgehead atoms. The van der Waals surface area contributed by atoms with Crippen LogP contribution in [-0.4, -0.2) is 96.7 Å². The van der Waals surface area contributed by atoms with Crippen molar-refractivity contribution in [1.82, 2.24) is 0 Å². The van der Waals surface area contributed by atoms with Crippen molar-refractivity contribution in [2.75, 3.05) is 39.6 Å². The highest BCUT2D eigenvalue weighted by molar-refractivity contribution is 7.47. The fourth-order valence-electron chi connectivity index (χ4n) is 12.2. The summed E-state index contributed by atoms with van der Waals surface area (Å²) in [4.78, 5) is 73.0. The molecule has 0 radical (unpaired) electrons. The molecule has 3 N–H and O–H groups in total. The Morgan fingerprint density at radius 1 is 0.296 bits per heavy atom. The summed E-state index contributed by atoms with van der Waals surface area (Å²) in [6.45, 7) is 9.68. The number of aliphatic hydroxyl groups excluding tert-OH is 1. The topological polar surface area (TPSA) is 237 Å². The molecule has 6 atom stereocenters. The lowest BCUT2D eigenvalue weighted by atomic mass is 9.99. The molecule has 0 aromatic heterocycles. The fourth-order valence-corrected chi connectivity index (χ4v) is 13.7. The lowest BCUT2D eigenvalue weighted by Gasteiger charge is -2.21. The first-order valence-electron chi connectivity index (χ1n) is 41.0. The maximum Gasteiger partial charge on any atom is 0.472 e. The fraction of sp³-hybridized carbons (Fsp3) is 0.949. The van der Waals surface area contributed by atoms with E-state index in [1.807, 2.05) is 0 Å². The van der Waals surface area contributed by atoms with Gasteiger partial charge in [-0.05, 0) is 37.5 Å². The highest BCUT2D eigenvalue weighted by Crippen LogP contribution is 2.45. The van der Waals surface area contributed by atoms with Gasteiger partial charge in [-0.15, -0.1) is 0 Å². The molecule has 0 aliphatic heterocycles. The Balaban J connectivity index is 5.25. The molecule has 0 aromatic rings. The van der Waals surface area contributed by atoms with Gasteiger partial charge >= 0.3 is 39.5 Å². The van der Waals surface area contributed by atoms with Crippen molar-refractivity contribution in [3.8, 4) is 0 Å². The third kappa shape index (κ3) is 71.1. The third-order valence-corrected chi connectivity index (χ3v) is 20.7. The second kappa shape index (κ2) is 70.7. The monoisotopic (exact) mass is 1440 g/mol. The van der Waals surface area contributed by atoms with Gasteiger partial charge in [-0.1, -0.05) is 363 Å². The quantitative estimate of drug-likeness (QED) is 0.0222. The van der Waals surface area contributed by atoms with Gasteiger partial charge in [0, 0.05) is 25.7 Å². The van der Waals surface area contributed by atoms with Crippen molar-refractivity contribution in [2.45, 2.75) is 432 Å². The average molecular weight is 1440 g/mol. The van der Waals surface area contributed by atoms with E-state index in [1.54, 1.807) is 0 Å². The van der Waals surface area contributed by atoms with Crippen LogP contribution in [0.3, 0.4) is 0 Å². The number of ether oxygens (including phenoxy) is 4. The van der Waals surface area contributed by atoms with Crippen LogP contribution in [0, 0.1) is 11.8 Å². The van der Waals surface area contributed by atoms with E-state index in [0.717, 1.165) is 102 Å². The summed E-state index contributed by atoms with van der Waals surface area (Å²) >= 11 is 0. The predicted octanol–water partition coefficient (Wildman–Crippen LogP) is 23.5. The first-order chi connectivity index (χ1) is 47.4. The number of hydrogen-bond donors (Lipinski definition) is 3. The van der Waals surface area contributed by atoms with E-state index in [1.165, 1.54) is 231 Å². The Morgan fingerprint density at radius 2 is 0.520 bits per heavy atom. The molecule has 0 saturated heterocycles. The minimum atomic E-state index is -4.96. The molecule has 0 saturated carbocycles. The number of carbonyl (C=O) groups is 4. The smallest absolute Gasteiger partial charge is 0.462 e. The molecule has 19 heteroatoms.